The normalized spacial score (nSPS) is 14.0. The number of rotatable bonds is 9. The highest BCUT2D eigenvalue weighted by atomic mass is 15.1. The Kier molecular flexibility index (Phi) is 9.79. The Morgan fingerprint density at radius 1 is 0.276 bits per heavy atom. The Morgan fingerprint density at radius 3 is 1.09 bits per heavy atom. The van der Waals surface area contributed by atoms with Crippen LogP contribution in [0.4, 0.5) is 34.1 Å². The van der Waals surface area contributed by atoms with E-state index in [9.17, 15) is 0 Å². The van der Waals surface area contributed by atoms with Gasteiger partial charge < -0.3 is 9.80 Å². The van der Waals surface area contributed by atoms with Gasteiger partial charge >= 0.3 is 0 Å². The maximum absolute atomic E-state index is 2.46. The highest BCUT2D eigenvalue weighted by Crippen LogP contribution is 2.47. The summed E-state index contributed by atoms with van der Waals surface area (Å²) in [6, 6.07) is 74.8. The molecule has 0 spiro atoms. The first kappa shape index (κ1) is 37.0. The molecule has 0 fully saturated rings. The number of hydrogen-bond acceptors (Lipinski definition) is 2. The van der Waals surface area contributed by atoms with Gasteiger partial charge in [-0.3, -0.25) is 0 Å². The summed E-state index contributed by atoms with van der Waals surface area (Å²) in [6.07, 6.45) is 2.42. The van der Waals surface area contributed by atoms with Gasteiger partial charge in [0.25, 0.3) is 0 Å². The second kappa shape index (κ2) is 15.4. The fraction of sp³-hybridized carbons (Fsp3) is 0.143. The molecule has 0 amide bonds. The van der Waals surface area contributed by atoms with Crippen molar-refractivity contribution < 1.29 is 0 Å². The van der Waals surface area contributed by atoms with Crippen molar-refractivity contribution in [1.82, 2.24) is 0 Å². The minimum atomic E-state index is 0.159. The molecule has 8 aromatic rings. The molecule has 0 aliphatic heterocycles. The topological polar surface area (TPSA) is 6.48 Å². The molecule has 0 saturated carbocycles. The summed E-state index contributed by atoms with van der Waals surface area (Å²) < 4.78 is 0. The van der Waals surface area contributed by atoms with Crippen LogP contribution in [0.2, 0.25) is 0 Å². The van der Waals surface area contributed by atoms with Crippen molar-refractivity contribution in [3.8, 4) is 33.4 Å². The molecule has 0 unspecified atom stereocenters. The third-order valence-electron chi connectivity index (χ3n) is 12.1. The fourth-order valence-corrected chi connectivity index (χ4v) is 8.70. The van der Waals surface area contributed by atoms with Gasteiger partial charge in [0.15, 0.2) is 0 Å². The molecule has 2 heteroatoms. The van der Waals surface area contributed by atoms with Gasteiger partial charge in [0.1, 0.15) is 0 Å². The Labute approximate surface area is 344 Å². The lowest BCUT2D eigenvalue weighted by Crippen LogP contribution is -2.33. The van der Waals surface area contributed by atoms with E-state index in [1.807, 2.05) is 0 Å². The molecule has 2 nitrogen and oxygen atoms in total. The lowest BCUT2D eigenvalue weighted by molar-refractivity contribution is 0.332. The fourth-order valence-electron chi connectivity index (χ4n) is 8.70. The average Bonchev–Trinajstić information content (AvgIpc) is 3.27. The predicted molar refractivity (Wildman–Crippen MR) is 247 cm³/mol. The monoisotopic (exact) mass is 750 g/mol. The lowest BCUT2D eigenvalue weighted by atomic mass is 9.63. The van der Waals surface area contributed by atoms with Gasteiger partial charge in [-0.15, -0.1) is 0 Å². The van der Waals surface area contributed by atoms with Crippen molar-refractivity contribution in [2.24, 2.45) is 0 Å². The molecular formula is C56H50N2. The van der Waals surface area contributed by atoms with E-state index < -0.39 is 0 Å². The van der Waals surface area contributed by atoms with Crippen LogP contribution in [-0.4, -0.2) is 0 Å². The SMILES string of the molecule is CC1(C)CCC(C)(C)c2cc(-c3cccc(N(c4ccccc4)c4ccc(-c5ccc(N(c6ccccc6)c6cccc(-c7ccccc7)c6)cc5)cc4)c3)ccc21. The molecule has 58 heavy (non-hydrogen) atoms. The first-order chi connectivity index (χ1) is 28.2. The largest absolute Gasteiger partial charge is 0.310 e. The van der Waals surface area contributed by atoms with Crippen LogP contribution in [-0.2, 0) is 10.8 Å². The maximum atomic E-state index is 2.46. The van der Waals surface area contributed by atoms with E-state index in [-0.39, 0.29) is 10.8 Å². The Hall–Kier alpha value is -6.64. The highest BCUT2D eigenvalue weighted by molar-refractivity contribution is 5.83. The summed E-state index contributed by atoms with van der Waals surface area (Å²) in [5.41, 5.74) is 17.3. The lowest BCUT2D eigenvalue weighted by Gasteiger charge is -2.42. The zero-order chi connectivity index (χ0) is 39.7. The van der Waals surface area contributed by atoms with Gasteiger partial charge in [0.05, 0.1) is 0 Å². The molecule has 8 aromatic carbocycles. The zero-order valence-electron chi connectivity index (χ0n) is 33.9. The van der Waals surface area contributed by atoms with Gasteiger partial charge in [-0.1, -0.05) is 161 Å². The summed E-state index contributed by atoms with van der Waals surface area (Å²) in [5.74, 6) is 0. The van der Waals surface area contributed by atoms with Crippen LogP contribution in [0.1, 0.15) is 51.7 Å². The molecular weight excluding hydrogens is 701 g/mol. The van der Waals surface area contributed by atoms with Gasteiger partial charge in [0.2, 0.25) is 0 Å². The number of fused-ring (bicyclic) bond motifs is 1. The zero-order valence-corrected chi connectivity index (χ0v) is 33.9. The van der Waals surface area contributed by atoms with E-state index in [4.69, 9.17) is 0 Å². The number of anilines is 6. The average molecular weight is 751 g/mol. The van der Waals surface area contributed by atoms with E-state index in [0.717, 1.165) is 34.1 Å². The molecule has 0 heterocycles. The van der Waals surface area contributed by atoms with Crippen LogP contribution in [0.25, 0.3) is 33.4 Å². The molecule has 0 N–H and O–H groups in total. The smallest absolute Gasteiger partial charge is 0.0467 e. The summed E-state index contributed by atoms with van der Waals surface area (Å²) in [7, 11) is 0. The number of benzene rings is 8. The van der Waals surface area contributed by atoms with Gasteiger partial charge in [-0.05, 0) is 141 Å². The third kappa shape index (κ3) is 7.35. The standard InChI is InChI=1S/C56H50N2/c1-55(2)36-37-56(3,4)54-40-46(30-35-53(54)55)45-19-15-25-52(39-45)58(48-22-12-7-13-23-48)50-33-28-43(29-34-50)42-26-31-49(32-27-42)57(47-20-10-6-11-21-47)51-24-14-18-44(38-51)41-16-8-5-9-17-41/h5-35,38-40H,36-37H2,1-4H3. The minimum absolute atomic E-state index is 0.159. The van der Waals surface area contributed by atoms with Crippen molar-refractivity contribution in [3.63, 3.8) is 0 Å². The number of hydrogen-bond donors (Lipinski definition) is 0. The first-order valence-electron chi connectivity index (χ1n) is 20.6. The predicted octanol–water partition coefficient (Wildman–Crippen LogP) is 16.0. The van der Waals surface area contributed by atoms with Crippen LogP contribution < -0.4 is 9.80 Å². The van der Waals surface area contributed by atoms with E-state index in [0.29, 0.717) is 0 Å². The van der Waals surface area contributed by atoms with Crippen LogP contribution in [0, 0.1) is 0 Å². The molecule has 9 rings (SSSR count). The summed E-state index contributed by atoms with van der Waals surface area (Å²) in [5, 5.41) is 0. The van der Waals surface area contributed by atoms with Gasteiger partial charge in [-0.25, -0.2) is 0 Å². The van der Waals surface area contributed by atoms with Crippen molar-refractivity contribution in [2.45, 2.75) is 51.4 Å². The van der Waals surface area contributed by atoms with Gasteiger partial charge in [-0.2, -0.15) is 0 Å². The van der Waals surface area contributed by atoms with Crippen molar-refractivity contribution in [3.05, 3.63) is 217 Å². The van der Waals surface area contributed by atoms with E-state index in [1.54, 1.807) is 0 Å². The molecule has 0 radical (unpaired) electrons. The second-order valence-corrected chi connectivity index (χ2v) is 16.9. The quantitative estimate of drug-likeness (QED) is 0.145. The van der Waals surface area contributed by atoms with Crippen LogP contribution in [0.3, 0.4) is 0 Å². The number of nitrogens with zero attached hydrogens (tertiary/aromatic N) is 2. The van der Waals surface area contributed by atoms with E-state index in [2.05, 4.69) is 244 Å². The summed E-state index contributed by atoms with van der Waals surface area (Å²) in [4.78, 5) is 4.69. The molecule has 284 valence electrons. The second-order valence-electron chi connectivity index (χ2n) is 16.9. The van der Waals surface area contributed by atoms with Crippen LogP contribution in [0.15, 0.2) is 206 Å². The summed E-state index contributed by atoms with van der Waals surface area (Å²) in [6.45, 7) is 9.60. The van der Waals surface area contributed by atoms with Gasteiger partial charge in [0, 0.05) is 34.1 Å². The Bertz CT molecular complexity index is 2640. The third-order valence-corrected chi connectivity index (χ3v) is 12.1. The van der Waals surface area contributed by atoms with Crippen molar-refractivity contribution in [2.75, 3.05) is 9.80 Å². The Morgan fingerprint density at radius 2 is 0.603 bits per heavy atom. The van der Waals surface area contributed by atoms with Crippen molar-refractivity contribution in [1.29, 1.82) is 0 Å². The molecule has 0 saturated heterocycles. The molecule has 0 bridgehead atoms. The molecule has 0 atom stereocenters. The van der Waals surface area contributed by atoms with Crippen molar-refractivity contribution >= 4 is 34.1 Å². The van der Waals surface area contributed by atoms with E-state index >= 15 is 0 Å². The Balaban J connectivity index is 1.03. The highest BCUT2D eigenvalue weighted by Gasteiger charge is 2.37. The molecule has 1 aliphatic carbocycles. The minimum Gasteiger partial charge on any atom is -0.310 e. The van der Waals surface area contributed by atoms with Crippen LogP contribution in [0.5, 0.6) is 0 Å². The first-order valence-corrected chi connectivity index (χ1v) is 20.6. The molecule has 0 aromatic heterocycles. The summed E-state index contributed by atoms with van der Waals surface area (Å²) >= 11 is 0. The maximum Gasteiger partial charge on any atom is 0.0467 e. The molecule has 1 aliphatic rings. The van der Waals surface area contributed by atoms with E-state index in [1.165, 1.54) is 57.3 Å². The number of para-hydroxylation sites is 2. The van der Waals surface area contributed by atoms with Crippen LogP contribution >= 0.6 is 0 Å².